The first-order valence-electron chi connectivity index (χ1n) is 2.36. The van der Waals surface area contributed by atoms with Gasteiger partial charge in [-0.05, 0) is 0 Å². The van der Waals surface area contributed by atoms with E-state index in [1.807, 2.05) is 0 Å². The van der Waals surface area contributed by atoms with E-state index in [9.17, 15) is 13.2 Å². The average molecular weight is 258 g/mol. The van der Waals surface area contributed by atoms with Crippen LogP contribution in [0.5, 0.6) is 0 Å². The fraction of sp³-hybridized carbons (Fsp3) is 1.00. The van der Waals surface area contributed by atoms with Gasteiger partial charge in [0.25, 0.3) is 0 Å². The molecule has 0 aliphatic heterocycles. The van der Waals surface area contributed by atoms with Crippen LogP contribution in [-0.2, 0) is 0 Å². The van der Waals surface area contributed by atoms with E-state index in [0.29, 0.717) is 5.33 Å². The lowest BCUT2D eigenvalue weighted by molar-refractivity contribution is 0.0539. The molecule has 0 fully saturated rings. The number of thioether (sulfide) groups is 1. The van der Waals surface area contributed by atoms with Crippen LogP contribution < -0.4 is 0 Å². The molecule has 0 aromatic heterocycles. The largest absolute Gasteiger partial charge is 0.338 e. The lowest BCUT2D eigenvalue weighted by atomic mass is 10.8. The molecule has 0 nitrogen and oxygen atoms in total. The second-order valence-corrected chi connectivity index (χ2v) is 3.82. The molecule has 0 amide bonds. The molecule has 6 heteroatoms. The Morgan fingerprint density at radius 1 is 1.60 bits per heavy atom. The van der Waals surface area contributed by atoms with Crippen molar-refractivity contribution in [2.75, 3.05) is 11.1 Å². The van der Waals surface area contributed by atoms with Gasteiger partial charge in [0, 0.05) is 11.1 Å². The third-order valence-corrected chi connectivity index (χ3v) is 2.95. The van der Waals surface area contributed by atoms with Crippen molar-refractivity contribution >= 4 is 39.3 Å². The zero-order valence-electron chi connectivity index (χ0n) is 4.79. The van der Waals surface area contributed by atoms with Crippen molar-refractivity contribution in [1.29, 1.82) is 0 Å². The third kappa shape index (κ3) is 3.93. The molecule has 62 valence electrons. The van der Waals surface area contributed by atoms with Crippen LogP contribution in [-0.4, -0.2) is 22.0 Å². The highest BCUT2D eigenvalue weighted by Gasteiger charge is 2.38. The van der Waals surface area contributed by atoms with Gasteiger partial charge in [-0.2, -0.15) is 8.78 Å². The summed E-state index contributed by atoms with van der Waals surface area (Å²) >= 11 is 7.68. The maximum absolute atomic E-state index is 12.2. The molecule has 1 atom stereocenters. The minimum absolute atomic E-state index is 0.139. The highest BCUT2D eigenvalue weighted by Crippen LogP contribution is 2.36. The molecular formula is C4H5BrClF3S. The summed E-state index contributed by atoms with van der Waals surface area (Å²) < 4.78 is 36.1. The van der Waals surface area contributed by atoms with Crippen molar-refractivity contribution in [3.63, 3.8) is 0 Å². The molecule has 0 heterocycles. The summed E-state index contributed by atoms with van der Waals surface area (Å²) in [5, 5.41) is -3.06. The van der Waals surface area contributed by atoms with Gasteiger partial charge in [-0.1, -0.05) is 39.3 Å². The van der Waals surface area contributed by atoms with Gasteiger partial charge < -0.3 is 0 Å². The zero-order chi connectivity index (χ0) is 8.20. The first kappa shape index (κ1) is 10.9. The summed E-state index contributed by atoms with van der Waals surface area (Å²) in [5.74, 6) is 0.139. The smallest absolute Gasteiger partial charge is 0.222 e. The molecule has 0 spiro atoms. The normalized spacial score (nSPS) is 15.3. The van der Waals surface area contributed by atoms with Gasteiger partial charge >= 0.3 is 5.25 Å². The van der Waals surface area contributed by atoms with Crippen LogP contribution >= 0.6 is 39.3 Å². The van der Waals surface area contributed by atoms with E-state index in [-0.39, 0.29) is 17.5 Å². The summed E-state index contributed by atoms with van der Waals surface area (Å²) in [7, 11) is 0. The van der Waals surface area contributed by atoms with Gasteiger partial charge in [0.15, 0.2) is 0 Å². The summed E-state index contributed by atoms with van der Waals surface area (Å²) in [6.45, 7) is 0. The molecule has 0 aromatic carbocycles. The quantitative estimate of drug-likeness (QED) is 0.697. The fourth-order valence-electron chi connectivity index (χ4n) is 0.238. The van der Waals surface area contributed by atoms with Crippen LogP contribution in [0, 0.1) is 0 Å². The zero-order valence-corrected chi connectivity index (χ0v) is 7.95. The standard InChI is InChI=1S/C4H5BrClF3S/c5-1-2-10-4(8,9)3(6)7/h3H,1-2H2. The third-order valence-electron chi connectivity index (χ3n) is 0.626. The highest BCUT2D eigenvalue weighted by atomic mass is 79.9. The number of alkyl halides is 5. The lowest BCUT2D eigenvalue weighted by Crippen LogP contribution is -2.21. The molecule has 10 heavy (non-hydrogen) atoms. The molecule has 0 aliphatic rings. The first-order valence-corrected chi connectivity index (χ1v) is 4.91. The van der Waals surface area contributed by atoms with Gasteiger partial charge in [-0.15, -0.1) is 0 Å². The Bertz CT molecular complexity index is 101. The van der Waals surface area contributed by atoms with Crippen molar-refractivity contribution in [2.45, 2.75) is 10.9 Å². The maximum Gasteiger partial charge on any atom is 0.338 e. The van der Waals surface area contributed by atoms with E-state index in [4.69, 9.17) is 0 Å². The predicted octanol–water partition coefficient (Wildman–Crippen LogP) is 3.24. The first-order chi connectivity index (χ1) is 4.50. The van der Waals surface area contributed by atoms with Crippen molar-refractivity contribution in [2.24, 2.45) is 0 Å². The molecule has 0 aliphatic carbocycles. The fourth-order valence-corrected chi connectivity index (χ4v) is 1.39. The van der Waals surface area contributed by atoms with Crippen LogP contribution in [0.1, 0.15) is 0 Å². The van der Waals surface area contributed by atoms with Gasteiger partial charge in [-0.25, -0.2) is 4.39 Å². The van der Waals surface area contributed by atoms with Crippen LogP contribution in [0.15, 0.2) is 0 Å². The minimum Gasteiger partial charge on any atom is -0.222 e. The number of hydrogen-bond donors (Lipinski definition) is 0. The Morgan fingerprint density at radius 2 is 2.10 bits per heavy atom. The molecule has 0 rings (SSSR count). The van der Waals surface area contributed by atoms with Gasteiger partial charge in [0.05, 0.1) is 0 Å². The van der Waals surface area contributed by atoms with E-state index in [1.165, 1.54) is 0 Å². The Kier molecular flexibility index (Phi) is 5.15. The van der Waals surface area contributed by atoms with E-state index in [2.05, 4.69) is 27.5 Å². The summed E-state index contributed by atoms with van der Waals surface area (Å²) in [4.78, 5) is 0. The molecule has 0 saturated heterocycles. The van der Waals surface area contributed by atoms with Gasteiger partial charge in [0.2, 0.25) is 5.63 Å². The lowest BCUT2D eigenvalue weighted by Gasteiger charge is -2.13. The Balaban J connectivity index is 3.63. The van der Waals surface area contributed by atoms with Crippen molar-refractivity contribution in [3.8, 4) is 0 Å². The molecule has 0 radical (unpaired) electrons. The van der Waals surface area contributed by atoms with Crippen LogP contribution in [0.2, 0.25) is 0 Å². The molecule has 0 saturated carbocycles. The SMILES string of the molecule is FC(Cl)C(F)(F)SCCBr. The molecule has 0 bridgehead atoms. The van der Waals surface area contributed by atoms with Crippen molar-refractivity contribution < 1.29 is 13.2 Å². The number of rotatable bonds is 4. The number of halogens is 5. The second kappa shape index (κ2) is 4.72. The van der Waals surface area contributed by atoms with E-state index in [1.54, 1.807) is 0 Å². The molecular weight excluding hydrogens is 252 g/mol. The van der Waals surface area contributed by atoms with E-state index < -0.39 is 10.9 Å². The van der Waals surface area contributed by atoms with E-state index in [0.717, 1.165) is 0 Å². The molecule has 0 aromatic rings. The highest BCUT2D eigenvalue weighted by molar-refractivity contribution is 9.09. The summed E-state index contributed by atoms with van der Waals surface area (Å²) in [6, 6.07) is 0. The predicted molar refractivity (Wildman–Crippen MR) is 41.9 cm³/mol. The minimum atomic E-state index is -3.46. The van der Waals surface area contributed by atoms with Gasteiger partial charge in [-0.3, -0.25) is 0 Å². The summed E-state index contributed by atoms with van der Waals surface area (Å²) in [6.07, 6.45) is 0. The Labute approximate surface area is 74.6 Å². The van der Waals surface area contributed by atoms with Crippen LogP contribution in [0.4, 0.5) is 13.2 Å². The Morgan fingerprint density at radius 3 is 2.40 bits per heavy atom. The average Bonchev–Trinajstić information content (AvgIpc) is 1.84. The number of hydrogen-bond acceptors (Lipinski definition) is 1. The summed E-state index contributed by atoms with van der Waals surface area (Å²) in [5.41, 5.74) is -2.60. The van der Waals surface area contributed by atoms with Crippen LogP contribution in [0.25, 0.3) is 0 Å². The van der Waals surface area contributed by atoms with Crippen molar-refractivity contribution in [1.82, 2.24) is 0 Å². The maximum atomic E-state index is 12.2. The topological polar surface area (TPSA) is 0 Å². The van der Waals surface area contributed by atoms with Crippen LogP contribution in [0.3, 0.4) is 0 Å². The second-order valence-electron chi connectivity index (χ2n) is 1.40. The molecule has 0 N–H and O–H groups in total. The Hall–Kier alpha value is 0.910. The monoisotopic (exact) mass is 256 g/mol. The van der Waals surface area contributed by atoms with Gasteiger partial charge in [0.1, 0.15) is 0 Å². The van der Waals surface area contributed by atoms with Crippen molar-refractivity contribution in [3.05, 3.63) is 0 Å². The molecule has 1 unspecified atom stereocenters. The van der Waals surface area contributed by atoms with E-state index >= 15 is 0 Å².